The lowest BCUT2D eigenvalue weighted by Gasteiger charge is -2.11. The number of ether oxygens (including phenoxy) is 3. The highest BCUT2D eigenvalue weighted by Gasteiger charge is 2.12. The van der Waals surface area contributed by atoms with Crippen LogP contribution in [0.5, 0.6) is 11.5 Å². The number of halogens is 1. The number of rotatable bonds is 9. The number of nitrogens with zero attached hydrogens (tertiary/aromatic N) is 1. The Morgan fingerprint density at radius 3 is 2.89 bits per heavy atom. The highest BCUT2D eigenvalue weighted by atomic mass is 127. The van der Waals surface area contributed by atoms with Crippen LogP contribution in [-0.4, -0.2) is 32.4 Å². The van der Waals surface area contributed by atoms with E-state index in [0.717, 1.165) is 48.3 Å². The highest BCUT2D eigenvalue weighted by molar-refractivity contribution is 14.0. The molecule has 8 heteroatoms. The zero-order valence-electron chi connectivity index (χ0n) is 15.4. The smallest absolute Gasteiger partial charge is 0.231 e. The van der Waals surface area contributed by atoms with Crippen molar-refractivity contribution in [2.24, 2.45) is 4.99 Å². The molecule has 148 valence electrons. The zero-order valence-corrected chi connectivity index (χ0v) is 17.7. The van der Waals surface area contributed by atoms with E-state index in [1.54, 1.807) is 6.26 Å². The van der Waals surface area contributed by atoms with E-state index in [1.165, 1.54) is 0 Å². The van der Waals surface area contributed by atoms with Crippen molar-refractivity contribution in [1.82, 2.24) is 10.6 Å². The molecule has 0 aliphatic carbocycles. The van der Waals surface area contributed by atoms with Gasteiger partial charge in [-0.1, -0.05) is 6.07 Å². The lowest BCUT2D eigenvalue weighted by Crippen LogP contribution is -2.38. The number of furan rings is 1. The first kappa shape index (κ1) is 21.4. The topological polar surface area (TPSA) is 77.3 Å². The van der Waals surface area contributed by atoms with E-state index in [2.05, 4.69) is 15.6 Å². The normalized spacial score (nSPS) is 12.6. The molecule has 3 rings (SSSR count). The summed E-state index contributed by atoms with van der Waals surface area (Å²) in [5.41, 5.74) is 1.08. The maximum absolute atomic E-state index is 5.57. The fraction of sp³-hybridized carbons (Fsp3) is 0.421. The SMILES string of the molecule is CCNC(=NCc1ccc2c(c1)OCO2)NCCCOCc1ccco1.I. The fourth-order valence-corrected chi connectivity index (χ4v) is 2.50. The van der Waals surface area contributed by atoms with Crippen LogP contribution < -0.4 is 20.1 Å². The molecule has 7 nitrogen and oxygen atoms in total. The maximum atomic E-state index is 5.57. The number of fused-ring (bicyclic) bond motifs is 1. The van der Waals surface area contributed by atoms with Gasteiger partial charge in [-0.2, -0.15) is 0 Å². The molecule has 0 atom stereocenters. The molecule has 1 aromatic heterocycles. The molecule has 27 heavy (non-hydrogen) atoms. The number of hydrogen-bond donors (Lipinski definition) is 2. The number of aliphatic imine (C=N–C) groups is 1. The third-order valence-corrected chi connectivity index (χ3v) is 3.78. The largest absolute Gasteiger partial charge is 0.467 e. The summed E-state index contributed by atoms with van der Waals surface area (Å²) in [4.78, 5) is 4.61. The van der Waals surface area contributed by atoms with Crippen molar-refractivity contribution in [1.29, 1.82) is 0 Å². The van der Waals surface area contributed by atoms with E-state index in [9.17, 15) is 0 Å². The Morgan fingerprint density at radius 1 is 1.19 bits per heavy atom. The van der Waals surface area contributed by atoms with Gasteiger partial charge in [0.05, 0.1) is 12.8 Å². The molecule has 0 bridgehead atoms. The predicted octanol–water partition coefficient (Wildman–Crippen LogP) is 3.29. The van der Waals surface area contributed by atoms with Crippen molar-refractivity contribution in [2.45, 2.75) is 26.5 Å². The highest BCUT2D eigenvalue weighted by Crippen LogP contribution is 2.32. The summed E-state index contributed by atoms with van der Waals surface area (Å²) in [5, 5.41) is 6.56. The van der Waals surface area contributed by atoms with Gasteiger partial charge in [-0.3, -0.25) is 0 Å². The van der Waals surface area contributed by atoms with Crippen molar-refractivity contribution in [3.05, 3.63) is 47.9 Å². The molecular formula is C19H26IN3O4. The van der Waals surface area contributed by atoms with E-state index in [4.69, 9.17) is 18.6 Å². The van der Waals surface area contributed by atoms with Gasteiger partial charge in [0.15, 0.2) is 17.5 Å². The molecule has 0 saturated heterocycles. The van der Waals surface area contributed by atoms with Crippen LogP contribution in [0.25, 0.3) is 0 Å². The number of guanidine groups is 1. The first-order valence-electron chi connectivity index (χ1n) is 8.86. The molecule has 1 aliphatic heterocycles. The minimum Gasteiger partial charge on any atom is -0.467 e. The summed E-state index contributed by atoms with van der Waals surface area (Å²) in [5.74, 6) is 3.20. The summed E-state index contributed by atoms with van der Waals surface area (Å²) in [6.07, 6.45) is 2.54. The Hall–Kier alpha value is -1.94. The summed E-state index contributed by atoms with van der Waals surface area (Å²) in [6.45, 7) is 5.66. The quantitative estimate of drug-likeness (QED) is 0.245. The van der Waals surface area contributed by atoms with Crippen LogP contribution in [0.4, 0.5) is 0 Å². The summed E-state index contributed by atoms with van der Waals surface area (Å²) < 4.78 is 21.5. The van der Waals surface area contributed by atoms with E-state index in [-0.39, 0.29) is 30.8 Å². The predicted molar refractivity (Wildman–Crippen MR) is 114 cm³/mol. The van der Waals surface area contributed by atoms with Crippen molar-refractivity contribution in [3.8, 4) is 11.5 Å². The maximum Gasteiger partial charge on any atom is 0.231 e. The van der Waals surface area contributed by atoms with Gasteiger partial charge < -0.3 is 29.3 Å². The first-order valence-corrected chi connectivity index (χ1v) is 8.86. The van der Waals surface area contributed by atoms with Gasteiger partial charge in [-0.25, -0.2) is 4.99 Å². The van der Waals surface area contributed by atoms with Gasteiger partial charge in [-0.15, -0.1) is 24.0 Å². The summed E-state index contributed by atoms with van der Waals surface area (Å²) in [6, 6.07) is 9.66. The van der Waals surface area contributed by atoms with Crippen LogP contribution in [-0.2, 0) is 17.9 Å². The first-order chi connectivity index (χ1) is 12.8. The third-order valence-electron chi connectivity index (χ3n) is 3.78. The molecular weight excluding hydrogens is 461 g/mol. The summed E-state index contributed by atoms with van der Waals surface area (Å²) in [7, 11) is 0. The van der Waals surface area contributed by atoms with Crippen LogP contribution in [0.2, 0.25) is 0 Å². The average Bonchev–Trinajstić information content (AvgIpc) is 3.33. The summed E-state index contributed by atoms with van der Waals surface area (Å²) >= 11 is 0. The standard InChI is InChI=1S/C19H25N3O4.HI/c1-2-20-19(21-8-4-9-23-13-16-5-3-10-24-16)22-12-15-6-7-17-18(11-15)26-14-25-17;/h3,5-7,10-11H,2,4,8-9,12-14H2,1H3,(H2,20,21,22);1H. The molecule has 0 amide bonds. The molecule has 0 fully saturated rings. The minimum absolute atomic E-state index is 0. The monoisotopic (exact) mass is 487 g/mol. The van der Waals surface area contributed by atoms with Gasteiger partial charge >= 0.3 is 0 Å². The van der Waals surface area contributed by atoms with E-state index >= 15 is 0 Å². The van der Waals surface area contributed by atoms with Gasteiger partial charge in [-0.05, 0) is 43.2 Å². The third kappa shape index (κ3) is 6.94. The van der Waals surface area contributed by atoms with Crippen molar-refractivity contribution in [3.63, 3.8) is 0 Å². The lowest BCUT2D eigenvalue weighted by atomic mass is 10.2. The molecule has 2 aromatic rings. The van der Waals surface area contributed by atoms with Crippen molar-refractivity contribution >= 4 is 29.9 Å². The second-order valence-electron chi connectivity index (χ2n) is 5.80. The van der Waals surface area contributed by atoms with Gasteiger partial charge in [0.2, 0.25) is 6.79 Å². The minimum atomic E-state index is 0. The van der Waals surface area contributed by atoms with E-state index in [1.807, 2.05) is 37.3 Å². The number of nitrogens with one attached hydrogen (secondary N) is 2. The van der Waals surface area contributed by atoms with Gasteiger partial charge in [0.25, 0.3) is 0 Å². The molecule has 1 aliphatic rings. The Morgan fingerprint density at radius 2 is 2.07 bits per heavy atom. The molecule has 0 radical (unpaired) electrons. The van der Waals surface area contributed by atoms with Crippen LogP contribution in [0.1, 0.15) is 24.7 Å². The lowest BCUT2D eigenvalue weighted by molar-refractivity contribution is 0.105. The average molecular weight is 487 g/mol. The van der Waals surface area contributed by atoms with E-state index in [0.29, 0.717) is 19.8 Å². The second kappa shape index (κ2) is 11.7. The zero-order chi connectivity index (χ0) is 18.0. The molecule has 1 aromatic carbocycles. The van der Waals surface area contributed by atoms with Crippen molar-refractivity contribution in [2.75, 3.05) is 26.5 Å². The van der Waals surface area contributed by atoms with Gasteiger partial charge in [0, 0.05) is 19.7 Å². The van der Waals surface area contributed by atoms with Crippen LogP contribution in [0, 0.1) is 0 Å². The molecule has 2 heterocycles. The Bertz CT molecular complexity index is 707. The second-order valence-corrected chi connectivity index (χ2v) is 5.80. The fourth-order valence-electron chi connectivity index (χ4n) is 2.50. The molecule has 2 N–H and O–H groups in total. The van der Waals surface area contributed by atoms with E-state index < -0.39 is 0 Å². The Labute approximate surface area is 176 Å². The Kier molecular flexibility index (Phi) is 9.26. The molecule has 0 unspecified atom stereocenters. The van der Waals surface area contributed by atoms with Crippen LogP contribution in [0.3, 0.4) is 0 Å². The van der Waals surface area contributed by atoms with Crippen LogP contribution >= 0.6 is 24.0 Å². The molecule has 0 spiro atoms. The Balaban J connectivity index is 0.00000261. The van der Waals surface area contributed by atoms with Gasteiger partial charge in [0.1, 0.15) is 12.4 Å². The van der Waals surface area contributed by atoms with Crippen LogP contribution in [0.15, 0.2) is 46.0 Å². The number of hydrogen-bond acceptors (Lipinski definition) is 5. The molecule has 0 saturated carbocycles. The van der Waals surface area contributed by atoms with Crippen molar-refractivity contribution < 1.29 is 18.6 Å². The number of benzene rings is 1.